The van der Waals surface area contributed by atoms with Gasteiger partial charge in [0.1, 0.15) is 11.5 Å². The Morgan fingerprint density at radius 3 is 2.45 bits per heavy atom. The summed E-state index contributed by atoms with van der Waals surface area (Å²) in [5, 5.41) is 0. The largest absolute Gasteiger partial charge is 0.481 e. The molecule has 0 radical (unpaired) electrons. The molecule has 0 fully saturated rings. The SMILES string of the molecule is CCC(=O)N(C)c1ccc(-c2ccc(C(=O)CCc3ccc(OC)nc3)nc2)c(F)c1. The summed E-state index contributed by atoms with van der Waals surface area (Å²) in [6.07, 6.45) is 4.34. The summed E-state index contributed by atoms with van der Waals surface area (Å²) in [5.74, 6) is -0.127. The number of carbonyl (C=O) groups excluding carboxylic acids is 2. The molecule has 2 aromatic heterocycles. The van der Waals surface area contributed by atoms with Gasteiger partial charge in [-0.25, -0.2) is 9.37 Å². The van der Waals surface area contributed by atoms with Crippen molar-refractivity contribution in [1.82, 2.24) is 9.97 Å². The Morgan fingerprint density at radius 2 is 1.87 bits per heavy atom. The van der Waals surface area contributed by atoms with E-state index in [2.05, 4.69) is 9.97 Å². The van der Waals surface area contributed by atoms with Crippen molar-refractivity contribution in [3.63, 3.8) is 0 Å². The van der Waals surface area contributed by atoms with Crippen LogP contribution in [0.25, 0.3) is 11.1 Å². The first-order valence-corrected chi connectivity index (χ1v) is 9.97. The maximum atomic E-state index is 14.6. The molecule has 0 bridgehead atoms. The fraction of sp³-hybridized carbons (Fsp3) is 0.250. The molecular formula is C24H24FN3O3. The van der Waals surface area contributed by atoms with Gasteiger partial charge in [0, 0.05) is 55.2 Å². The maximum absolute atomic E-state index is 14.6. The summed E-state index contributed by atoms with van der Waals surface area (Å²) >= 11 is 0. The fourth-order valence-corrected chi connectivity index (χ4v) is 3.11. The van der Waals surface area contributed by atoms with Gasteiger partial charge in [-0.05, 0) is 36.2 Å². The topological polar surface area (TPSA) is 72.4 Å². The van der Waals surface area contributed by atoms with Crippen LogP contribution in [0.2, 0.25) is 0 Å². The van der Waals surface area contributed by atoms with Crippen LogP contribution < -0.4 is 9.64 Å². The second kappa shape index (κ2) is 9.93. The summed E-state index contributed by atoms with van der Waals surface area (Å²) in [4.78, 5) is 34.0. The van der Waals surface area contributed by atoms with Crippen LogP contribution in [0.3, 0.4) is 0 Å². The van der Waals surface area contributed by atoms with E-state index in [0.29, 0.717) is 47.7 Å². The Hall–Kier alpha value is -3.61. The van der Waals surface area contributed by atoms with Crippen molar-refractivity contribution in [1.29, 1.82) is 0 Å². The van der Waals surface area contributed by atoms with Crippen LogP contribution in [0, 0.1) is 5.82 Å². The molecule has 31 heavy (non-hydrogen) atoms. The number of ketones is 1. The Balaban J connectivity index is 1.67. The van der Waals surface area contributed by atoms with Crippen molar-refractivity contribution < 1.29 is 18.7 Å². The number of aryl methyl sites for hydroxylation is 1. The van der Waals surface area contributed by atoms with Crippen molar-refractivity contribution in [2.45, 2.75) is 26.2 Å². The quantitative estimate of drug-likeness (QED) is 0.502. The van der Waals surface area contributed by atoms with Crippen LogP contribution in [0.15, 0.2) is 54.9 Å². The highest BCUT2D eigenvalue weighted by Gasteiger charge is 2.14. The minimum Gasteiger partial charge on any atom is -0.481 e. The highest BCUT2D eigenvalue weighted by atomic mass is 19.1. The number of nitrogens with zero attached hydrogens (tertiary/aromatic N) is 3. The van der Waals surface area contributed by atoms with Crippen molar-refractivity contribution in [3.05, 3.63) is 71.9 Å². The third kappa shape index (κ3) is 5.31. The normalized spacial score (nSPS) is 10.6. The molecule has 0 spiro atoms. The first kappa shape index (κ1) is 22.1. The molecule has 0 unspecified atom stereocenters. The van der Waals surface area contributed by atoms with E-state index in [4.69, 9.17) is 4.74 Å². The van der Waals surface area contributed by atoms with Gasteiger partial charge >= 0.3 is 0 Å². The molecule has 0 saturated carbocycles. The van der Waals surface area contributed by atoms with Gasteiger partial charge in [0.15, 0.2) is 5.78 Å². The third-order valence-corrected chi connectivity index (χ3v) is 5.02. The maximum Gasteiger partial charge on any atom is 0.226 e. The summed E-state index contributed by atoms with van der Waals surface area (Å²) in [6.45, 7) is 1.76. The number of benzene rings is 1. The van der Waals surface area contributed by atoms with Crippen molar-refractivity contribution in [2.24, 2.45) is 0 Å². The van der Waals surface area contributed by atoms with E-state index in [0.717, 1.165) is 5.56 Å². The predicted molar refractivity (Wildman–Crippen MR) is 117 cm³/mol. The van der Waals surface area contributed by atoms with Crippen LogP contribution in [0.4, 0.5) is 10.1 Å². The molecule has 1 amide bonds. The monoisotopic (exact) mass is 421 g/mol. The number of aromatic nitrogens is 2. The number of rotatable bonds is 8. The highest BCUT2D eigenvalue weighted by Crippen LogP contribution is 2.26. The molecule has 3 aromatic rings. The lowest BCUT2D eigenvalue weighted by Crippen LogP contribution is -2.25. The first-order valence-electron chi connectivity index (χ1n) is 9.97. The lowest BCUT2D eigenvalue weighted by atomic mass is 10.0. The van der Waals surface area contributed by atoms with Gasteiger partial charge in [0.05, 0.1) is 7.11 Å². The molecular weight excluding hydrogens is 397 g/mol. The molecule has 6 nitrogen and oxygen atoms in total. The lowest BCUT2D eigenvalue weighted by Gasteiger charge is -2.17. The van der Waals surface area contributed by atoms with E-state index in [-0.39, 0.29) is 11.7 Å². The Labute approximate surface area is 180 Å². The Morgan fingerprint density at radius 1 is 1.06 bits per heavy atom. The standard InChI is InChI=1S/C24H24FN3O3/c1-4-24(30)28(2)18-8-9-19(20(25)13-18)17-7-10-21(26-15-17)22(29)11-5-16-6-12-23(31-3)27-14-16/h6-10,12-15H,4-5,11H2,1-3H3. The van der Waals surface area contributed by atoms with Gasteiger partial charge in [0.25, 0.3) is 0 Å². The number of pyridine rings is 2. The molecule has 160 valence electrons. The Kier molecular flexibility index (Phi) is 7.07. The van der Waals surface area contributed by atoms with E-state index in [1.54, 1.807) is 57.6 Å². The zero-order chi connectivity index (χ0) is 22.4. The molecule has 0 saturated heterocycles. The average Bonchev–Trinajstić information content (AvgIpc) is 2.81. The van der Waals surface area contributed by atoms with Crippen LogP contribution in [0.5, 0.6) is 5.88 Å². The minimum atomic E-state index is -0.457. The number of methoxy groups -OCH3 is 1. The summed E-state index contributed by atoms with van der Waals surface area (Å²) in [7, 11) is 3.16. The molecule has 1 aromatic carbocycles. The average molecular weight is 421 g/mol. The zero-order valence-electron chi connectivity index (χ0n) is 17.8. The van der Waals surface area contributed by atoms with Crippen LogP contribution in [0.1, 0.15) is 35.8 Å². The second-order valence-corrected chi connectivity index (χ2v) is 7.03. The van der Waals surface area contributed by atoms with Crippen molar-refractivity contribution in [3.8, 4) is 17.0 Å². The van der Waals surface area contributed by atoms with E-state index in [1.807, 2.05) is 6.07 Å². The fourth-order valence-electron chi connectivity index (χ4n) is 3.11. The lowest BCUT2D eigenvalue weighted by molar-refractivity contribution is -0.118. The molecule has 0 aliphatic carbocycles. The number of hydrogen-bond donors (Lipinski definition) is 0. The van der Waals surface area contributed by atoms with Gasteiger partial charge in [0.2, 0.25) is 11.8 Å². The molecule has 7 heteroatoms. The zero-order valence-corrected chi connectivity index (χ0v) is 17.8. The van der Waals surface area contributed by atoms with Crippen molar-refractivity contribution >= 4 is 17.4 Å². The third-order valence-electron chi connectivity index (χ3n) is 5.02. The molecule has 2 heterocycles. The van der Waals surface area contributed by atoms with E-state index >= 15 is 0 Å². The highest BCUT2D eigenvalue weighted by molar-refractivity contribution is 5.95. The molecule has 3 rings (SSSR count). The molecule has 0 atom stereocenters. The smallest absolute Gasteiger partial charge is 0.226 e. The Bertz CT molecular complexity index is 1070. The summed E-state index contributed by atoms with van der Waals surface area (Å²) in [6, 6.07) is 11.5. The number of amides is 1. The van der Waals surface area contributed by atoms with Crippen LogP contribution in [-0.4, -0.2) is 35.8 Å². The summed E-state index contributed by atoms with van der Waals surface area (Å²) in [5.41, 5.74) is 2.66. The van der Waals surface area contributed by atoms with Crippen molar-refractivity contribution in [2.75, 3.05) is 19.1 Å². The minimum absolute atomic E-state index is 0.0953. The van der Waals surface area contributed by atoms with Gasteiger partial charge in [-0.15, -0.1) is 0 Å². The number of carbonyl (C=O) groups is 2. The first-order chi connectivity index (χ1) is 14.9. The number of anilines is 1. The number of Topliss-reactive ketones (excluding diaryl/α,β-unsaturated/α-hetero) is 1. The van der Waals surface area contributed by atoms with Gasteiger partial charge in [-0.2, -0.15) is 0 Å². The van der Waals surface area contributed by atoms with E-state index in [1.165, 1.54) is 17.2 Å². The van der Waals surface area contributed by atoms with Gasteiger partial charge in [-0.3, -0.25) is 14.6 Å². The van der Waals surface area contributed by atoms with Crippen LogP contribution >= 0.6 is 0 Å². The summed E-state index contributed by atoms with van der Waals surface area (Å²) < 4.78 is 19.7. The number of hydrogen-bond acceptors (Lipinski definition) is 5. The van der Waals surface area contributed by atoms with Gasteiger partial charge in [-0.1, -0.05) is 19.1 Å². The van der Waals surface area contributed by atoms with Crippen LogP contribution in [-0.2, 0) is 11.2 Å². The molecule has 0 aliphatic rings. The van der Waals surface area contributed by atoms with E-state index < -0.39 is 5.82 Å². The van der Waals surface area contributed by atoms with Gasteiger partial charge < -0.3 is 9.64 Å². The number of ether oxygens (including phenoxy) is 1. The molecule has 0 aliphatic heterocycles. The number of halogens is 1. The second-order valence-electron chi connectivity index (χ2n) is 7.03. The predicted octanol–water partition coefficient (Wildman–Crippen LogP) is 4.48. The molecule has 0 N–H and O–H groups in total. The van der Waals surface area contributed by atoms with E-state index in [9.17, 15) is 14.0 Å².